The van der Waals surface area contributed by atoms with E-state index in [9.17, 15) is 4.79 Å². The summed E-state index contributed by atoms with van der Waals surface area (Å²) in [6.45, 7) is 8.25. The molecule has 3 rings (SSSR count). The minimum absolute atomic E-state index is 0.0391. The molecule has 0 saturated heterocycles. The highest BCUT2D eigenvalue weighted by atomic mass is 16.5. The molecule has 4 heteroatoms. The van der Waals surface area contributed by atoms with Crippen LogP contribution < -0.4 is 15.4 Å². The lowest BCUT2D eigenvalue weighted by Crippen LogP contribution is -2.52. The van der Waals surface area contributed by atoms with E-state index in [4.69, 9.17) is 10.5 Å². The van der Waals surface area contributed by atoms with Crippen LogP contribution in [0.3, 0.4) is 0 Å². The first kappa shape index (κ1) is 17.5. The van der Waals surface area contributed by atoms with Gasteiger partial charge in [-0.1, -0.05) is 42.8 Å². The van der Waals surface area contributed by atoms with Crippen molar-refractivity contribution in [3.63, 3.8) is 0 Å². The van der Waals surface area contributed by atoms with E-state index >= 15 is 0 Å². The van der Waals surface area contributed by atoms with E-state index < -0.39 is 5.60 Å². The van der Waals surface area contributed by atoms with Crippen LogP contribution >= 0.6 is 0 Å². The monoisotopic (exact) mass is 338 g/mol. The molecule has 1 unspecified atom stereocenters. The molecule has 0 spiro atoms. The number of hydrogen-bond donors (Lipinski definition) is 1. The summed E-state index contributed by atoms with van der Waals surface area (Å²) in [4.78, 5) is 14.8. The van der Waals surface area contributed by atoms with Gasteiger partial charge in [-0.25, -0.2) is 0 Å². The number of ether oxygens (including phenoxy) is 1. The first-order valence-corrected chi connectivity index (χ1v) is 8.78. The Kier molecular flexibility index (Phi) is 4.56. The van der Waals surface area contributed by atoms with Gasteiger partial charge in [0.15, 0.2) is 5.60 Å². The molecule has 1 heterocycles. The standard InChI is InChI=1S/C21H26N2O2/c1-5-17(22)16-10-11-19-18(12-16)23(20(24)21(3,4)25-19)13-15-8-6-14(2)7-9-15/h6-12,17H,5,13,22H2,1-4H3. The highest BCUT2D eigenvalue weighted by molar-refractivity contribution is 6.02. The maximum atomic E-state index is 13.0. The van der Waals surface area contributed by atoms with Crippen molar-refractivity contribution in [2.75, 3.05) is 4.90 Å². The van der Waals surface area contributed by atoms with Gasteiger partial charge in [0.25, 0.3) is 5.91 Å². The van der Waals surface area contributed by atoms with Gasteiger partial charge in [0.05, 0.1) is 12.2 Å². The summed E-state index contributed by atoms with van der Waals surface area (Å²) in [5, 5.41) is 0. The Balaban J connectivity index is 2.03. The SMILES string of the molecule is CCC(N)c1ccc2c(c1)N(Cc1ccc(C)cc1)C(=O)C(C)(C)O2. The number of benzene rings is 2. The Labute approximate surface area is 149 Å². The molecule has 1 aliphatic heterocycles. The van der Waals surface area contributed by atoms with E-state index in [1.165, 1.54) is 5.56 Å². The summed E-state index contributed by atoms with van der Waals surface area (Å²) in [5.74, 6) is 0.687. The van der Waals surface area contributed by atoms with Crippen molar-refractivity contribution in [1.29, 1.82) is 0 Å². The van der Waals surface area contributed by atoms with Crippen LogP contribution in [-0.4, -0.2) is 11.5 Å². The zero-order chi connectivity index (χ0) is 18.2. The van der Waals surface area contributed by atoms with Gasteiger partial charge >= 0.3 is 0 Å². The van der Waals surface area contributed by atoms with Crippen molar-refractivity contribution in [3.05, 3.63) is 59.2 Å². The lowest BCUT2D eigenvalue weighted by atomic mass is 9.99. The maximum Gasteiger partial charge on any atom is 0.271 e. The third kappa shape index (κ3) is 3.40. The Morgan fingerprint density at radius 2 is 1.84 bits per heavy atom. The first-order chi connectivity index (χ1) is 11.8. The Morgan fingerprint density at radius 1 is 1.16 bits per heavy atom. The average Bonchev–Trinajstić information content (AvgIpc) is 2.59. The van der Waals surface area contributed by atoms with E-state index in [0.717, 1.165) is 29.0 Å². The highest BCUT2D eigenvalue weighted by Crippen LogP contribution is 2.40. The van der Waals surface area contributed by atoms with Crippen LogP contribution in [0.2, 0.25) is 0 Å². The molecule has 25 heavy (non-hydrogen) atoms. The molecule has 0 bridgehead atoms. The van der Waals surface area contributed by atoms with E-state index in [1.807, 2.05) is 36.9 Å². The second kappa shape index (κ2) is 6.52. The van der Waals surface area contributed by atoms with Crippen molar-refractivity contribution in [3.8, 4) is 5.75 Å². The number of hydrogen-bond acceptors (Lipinski definition) is 3. The second-order valence-corrected chi connectivity index (χ2v) is 7.23. The molecule has 0 aromatic heterocycles. The Bertz CT molecular complexity index is 781. The van der Waals surface area contributed by atoms with Crippen molar-refractivity contribution < 1.29 is 9.53 Å². The maximum absolute atomic E-state index is 13.0. The van der Waals surface area contributed by atoms with E-state index in [-0.39, 0.29) is 11.9 Å². The van der Waals surface area contributed by atoms with Gasteiger partial charge in [-0.3, -0.25) is 4.79 Å². The van der Waals surface area contributed by atoms with Gasteiger partial charge in [0.1, 0.15) is 5.75 Å². The molecule has 2 N–H and O–H groups in total. The van der Waals surface area contributed by atoms with Crippen molar-refractivity contribution in [1.82, 2.24) is 0 Å². The van der Waals surface area contributed by atoms with E-state index in [1.54, 1.807) is 0 Å². The number of nitrogens with zero attached hydrogens (tertiary/aromatic N) is 1. The smallest absolute Gasteiger partial charge is 0.271 e. The number of nitrogens with two attached hydrogens (primary N) is 1. The Morgan fingerprint density at radius 3 is 2.48 bits per heavy atom. The molecule has 4 nitrogen and oxygen atoms in total. The summed E-state index contributed by atoms with van der Waals surface area (Å²) >= 11 is 0. The van der Waals surface area contributed by atoms with Gasteiger partial charge < -0.3 is 15.4 Å². The van der Waals surface area contributed by atoms with Crippen molar-refractivity contribution in [2.24, 2.45) is 5.73 Å². The minimum atomic E-state index is -0.883. The zero-order valence-corrected chi connectivity index (χ0v) is 15.4. The van der Waals surface area contributed by atoms with Crippen LogP contribution in [0.4, 0.5) is 5.69 Å². The van der Waals surface area contributed by atoms with Crippen LogP contribution in [-0.2, 0) is 11.3 Å². The van der Waals surface area contributed by atoms with Crippen LogP contribution in [0, 0.1) is 6.92 Å². The van der Waals surface area contributed by atoms with Gasteiger partial charge in [0.2, 0.25) is 0 Å². The fraction of sp³-hybridized carbons (Fsp3) is 0.381. The minimum Gasteiger partial charge on any atom is -0.476 e. The van der Waals surface area contributed by atoms with Crippen molar-refractivity contribution >= 4 is 11.6 Å². The molecular formula is C21H26N2O2. The van der Waals surface area contributed by atoms with Gasteiger partial charge in [-0.15, -0.1) is 0 Å². The van der Waals surface area contributed by atoms with Crippen LogP contribution in [0.1, 0.15) is 49.9 Å². The summed E-state index contributed by atoms with van der Waals surface area (Å²) < 4.78 is 5.95. The molecule has 132 valence electrons. The molecule has 2 aromatic rings. The number of carbonyl (C=O) groups excluding carboxylic acids is 1. The number of aryl methyl sites for hydroxylation is 1. The number of fused-ring (bicyclic) bond motifs is 1. The normalized spacial score (nSPS) is 17.0. The molecule has 0 fully saturated rings. The van der Waals surface area contributed by atoms with Gasteiger partial charge in [0, 0.05) is 6.04 Å². The second-order valence-electron chi connectivity index (χ2n) is 7.23. The topological polar surface area (TPSA) is 55.6 Å². The lowest BCUT2D eigenvalue weighted by Gasteiger charge is -2.39. The number of amides is 1. The molecule has 0 saturated carbocycles. The third-order valence-electron chi connectivity index (χ3n) is 4.73. The lowest BCUT2D eigenvalue weighted by molar-refractivity contribution is -0.132. The molecule has 2 aromatic carbocycles. The molecular weight excluding hydrogens is 312 g/mol. The van der Waals surface area contributed by atoms with Gasteiger partial charge in [-0.05, 0) is 50.5 Å². The predicted octanol–water partition coefficient (Wildman–Crippen LogP) is 4.11. The number of rotatable bonds is 4. The van der Waals surface area contributed by atoms with Gasteiger partial charge in [-0.2, -0.15) is 0 Å². The molecule has 1 atom stereocenters. The van der Waals surface area contributed by atoms with E-state index in [2.05, 4.69) is 38.1 Å². The zero-order valence-electron chi connectivity index (χ0n) is 15.4. The largest absolute Gasteiger partial charge is 0.476 e. The fourth-order valence-electron chi connectivity index (χ4n) is 3.08. The summed E-state index contributed by atoms with van der Waals surface area (Å²) in [7, 11) is 0. The first-order valence-electron chi connectivity index (χ1n) is 8.78. The number of carbonyl (C=O) groups is 1. The van der Waals surface area contributed by atoms with Crippen molar-refractivity contribution in [2.45, 2.75) is 52.3 Å². The fourth-order valence-corrected chi connectivity index (χ4v) is 3.08. The highest BCUT2D eigenvalue weighted by Gasteiger charge is 2.41. The summed E-state index contributed by atoms with van der Waals surface area (Å²) in [5.41, 5.74) is 9.41. The van der Waals surface area contributed by atoms with Crippen LogP contribution in [0.15, 0.2) is 42.5 Å². The molecule has 1 aliphatic rings. The quantitative estimate of drug-likeness (QED) is 0.913. The van der Waals surface area contributed by atoms with Crippen LogP contribution in [0.25, 0.3) is 0 Å². The summed E-state index contributed by atoms with van der Waals surface area (Å²) in [6, 6.07) is 14.1. The van der Waals surface area contributed by atoms with E-state index in [0.29, 0.717) is 6.54 Å². The number of anilines is 1. The molecule has 0 radical (unpaired) electrons. The van der Waals surface area contributed by atoms with Crippen LogP contribution in [0.5, 0.6) is 5.75 Å². The molecule has 1 amide bonds. The summed E-state index contributed by atoms with van der Waals surface area (Å²) in [6.07, 6.45) is 0.844. The predicted molar refractivity (Wildman–Crippen MR) is 101 cm³/mol. The third-order valence-corrected chi connectivity index (χ3v) is 4.73. The molecule has 0 aliphatic carbocycles. The average molecular weight is 338 g/mol. The Hall–Kier alpha value is -2.33.